The number of nitrogens with one attached hydrogen (secondary N) is 3. The van der Waals surface area contributed by atoms with E-state index in [1.165, 1.54) is 25.7 Å². The minimum atomic E-state index is 0.249. The van der Waals surface area contributed by atoms with Crippen molar-refractivity contribution in [1.82, 2.24) is 20.9 Å². The van der Waals surface area contributed by atoms with Gasteiger partial charge in [0.2, 0.25) is 5.91 Å². The van der Waals surface area contributed by atoms with E-state index in [-0.39, 0.29) is 11.8 Å². The van der Waals surface area contributed by atoms with Crippen LogP contribution in [0.25, 0.3) is 0 Å². The molecule has 4 aliphatic rings. The average molecular weight is 388 g/mol. The third-order valence-electron chi connectivity index (χ3n) is 7.69. The Kier molecular flexibility index (Phi) is 6.55. The quantitative estimate of drug-likeness (QED) is 0.688. The van der Waals surface area contributed by atoms with Gasteiger partial charge in [-0.2, -0.15) is 5.26 Å². The van der Waals surface area contributed by atoms with E-state index < -0.39 is 0 Å². The molecule has 2 heterocycles. The number of piperidine rings is 1. The first-order chi connectivity index (χ1) is 13.6. The van der Waals surface area contributed by atoms with Crippen LogP contribution in [-0.2, 0) is 4.79 Å². The molecule has 5 atom stereocenters. The summed E-state index contributed by atoms with van der Waals surface area (Å²) in [4.78, 5) is 14.3. The minimum Gasteiger partial charge on any atom is -0.338 e. The third-order valence-corrected chi connectivity index (χ3v) is 7.69. The highest BCUT2D eigenvalue weighted by atomic mass is 16.2. The Morgan fingerprint density at radius 2 is 1.86 bits per heavy atom. The third kappa shape index (κ3) is 4.53. The first-order valence-electron chi connectivity index (χ1n) is 11.6. The van der Waals surface area contributed by atoms with Crippen LogP contribution >= 0.6 is 0 Å². The van der Waals surface area contributed by atoms with Crippen LogP contribution in [-0.4, -0.2) is 54.2 Å². The lowest BCUT2D eigenvalue weighted by atomic mass is 9.80. The number of rotatable bonds is 4. The van der Waals surface area contributed by atoms with Crippen molar-refractivity contribution >= 4 is 5.91 Å². The molecule has 1 amide bonds. The molecule has 2 aliphatic carbocycles. The molecule has 2 saturated carbocycles. The smallest absolute Gasteiger partial charge is 0.219 e. The van der Waals surface area contributed by atoms with E-state index in [0.29, 0.717) is 36.3 Å². The molecule has 0 radical (unpaired) electrons. The number of nitrogens with zero attached hydrogens (tertiary/aromatic N) is 2. The summed E-state index contributed by atoms with van der Waals surface area (Å²) in [6.45, 7) is 3.73. The van der Waals surface area contributed by atoms with Gasteiger partial charge in [0.15, 0.2) is 0 Å². The van der Waals surface area contributed by atoms with Crippen molar-refractivity contribution in [2.45, 2.75) is 101 Å². The van der Waals surface area contributed by atoms with E-state index >= 15 is 0 Å². The molecule has 0 spiro atoms. The fourth-order valence-electron chi connectivity index (χ4n) is 6.23. The van der Waals surface area contributed by atoms with E-state index in [0.717, 1.165) is 51.6 Å². The van der Waals surface area contributed by atoms with Gasteiger partial charge in [0.1, 0.15) is 0 Å². The zero-order chi connectivity index (χ0) is 19.5. The number of carbonyl (C=O) groups is 1. The van der Waals surface area contributed by atoms with Gasteiger partial charge in [0, 0.05) is 43.6 Å². The lowest BCUT2D eigenvalue weighted by Crippen LogP contribution is -2.60. The second kappa shape index (κ2) is 9.11. The molecule has 5 unspecified atom stereocenters. The first kappa shape index (κ1) is 20.1. The lowest BCUT2D eigenvalue weighted by Gasteiger charge is -2.42. The fourth-order valence-corrected chi connectivity index (χ4v) is 6.23. The van der Waals surface area contributed by atoms with Gasteiger partial charge in [0.05, 0.1) is 12.2 Å². The number of fused-ring (bicyclic) bond motifs is 1. The van der Waals surface area contributed by atoms with Gasteiger partial charge in [0.25, 0.3) is 0 Å². The Labute approximate surface area is 169 Å². The fraction of sp³-hybridized carbons (Fsp3) is 0.909. The zero-order valence-electron chi connectivity index (χ0n) is 17.3. The van der Waals surface area contributed by atoms with Gasteiger partial charge in [-0.25, -0.2) is 0 Å². The number of hydrogen-bond donors (Lipinski definition) is 3. The second-order valence-corrected chi connectivity index (χ2v) is 9.53. The highest BCUT2D eigenvalue weighted by Gasteiger charge is 2.43. The molecule has 6 nitrogen and oxygen atoms in total. The van der Waals surface area contributed by atoms with Crippen LogP contribution in [0.15, 0.2) is 0 Å². The summed E-state index contributed by atoms with van der Waals surface area (Å²) in [7, 11) is 0. The predicted octanol–water partition coefficient (Wildman–Crippen LogP) is 2.12. The topological polar surface area (TPSA) is 80.2 Å². The van der Waals surface area contributed by atoms with Crippen molar-refractivity contribution in [3.8, 4) is 6.07 Å². The van der Waals surface area contributed by atoms with Crippen molar-refractivity contribution in [3.63, 3.8) is 0 Å². The molecule has 2 aliphatic heterocycles. The van der Waals surface area contributed by atoms with Crippen LogP contribution < -0.4 is 16.0 Å². The molecule has 0 aromatic heterocycles. The van der Waals surface area contributed by atoms with Gasteiger partial charge in [-0.05, 0) is 70.3 Å². The Hall–Kier alpha value is -1.16. The van der Waals surface area contributed by atoms with E-state index in [2.05, 4.69) is 26.9 Å². The zero-order valence-corrected chi connectivity index (χ0v) is 17.3. The Balaban J connectivity index is 1.30. The van der Waals surface area contributed by atoms with Crippen LogP contribution in [0.4, 0.5) is 0 Å². The molecular weight excluding hydrogens is 350 g/mol. The second-order valence-electron chi connectivity index (χ2n) is 9.53. The molecule has 4 rings (SSSR count). The Morgan fingerprint density at radius 3 is 2.61 bits per heavy atom. The van der Waals surface area contributed by atoms with Gasteiger partial charge >= 0.3 is 0 Å². The van der Waals surface area contributed by atoms with Crippen LogP contribution in [0.5, 0.6) is 0 Å². The molecule has 0 bridgehead atoms. The minimum absolute atomic E-state index is 0.249. The van der Waals surface area contributed by atoms with Crippen molar-refractivity contribution in [2.24, 2.45) is 11.8 Å². The number of nitriles is 1. The number of carbonyl (C=O) groups excluding carboxylic acids is 1. The maximum atomic E-state index is 12.1. The predicted molar refractivity (Wildman–Crippen MR) is 109 cm³/mol. The van der Waals surface area contributed by atoms with Crippen molar-refractivity contribution in [2.75, 3.05) is 13.1 Å². The number of likely N-dealkylation sites (tertiary alicyclic amines) is 1. The molecule has 2 saturated heterocycles. The summed E-state index contributed by atoms with van der Waals surface area (Å²) in [6.07, 6.45) is 11.9. The Bertz CT molecular complexity index is 582. The maximum Gasteiger partial charge on any atom is 0.219 e. The summed E-state index contributed by atoms with van der Waals surface area (Å²) >= 11 is 0. The molecule has 0 aromatic carbocycles. The SMILES string of the molecule is CC(=O)N1CCC2CCCC(NC3CCNC(NC4CCC(C#N)CC4)C3)C21. The monoisotopic (exact) mass is 387 g/mol. The molecule has 3 N–H and O–H groups in total. The summed E-state index contributed by atoms with van der Waals surface area (Å²) in [5.74, 6) is 1.21. The first-order valence-corrected chi connectivity index (χ1v) is 11.6. The van der Waals surface area contributed by atoms with Crippen molar-refractivity contribution in [3.05, 3.63) is 0 Å². The van der Waals surface area contributed by atoms with E-state index in [9.17, 15) is 4.79 Å². The maximum absolute atomic E-state index is 12.1. The van der Waals surface area contributed by atoms with Crippen LogP contribution in [0.1, 0.15) is 71.1 Å². The molecule has 4 fully saturated rings. The van der Waals surface area contributed by atoms with Crippen LogP contribution in [0.2, 0.25) is 0 Å². The van der Waals surface area contributed by atoms with Gasteiger partial charge in [-0.3, -0.25) is 10.1 Å². The standard InChI is InChI=1S/C22H37N5O/c1-15(28)27-12-10-17-3-2-4-20(22(17)27)25-19-9-11-24-21(13-19)26-18-7-5-16(14-23)6-8-18/h16-22,24-26H,2-13H2,1H3. The van der Waals surface area contributed by atoms with Gasteiger partial charge < -0.3 is 15.5 Å². The van der Waals surface area contributed by atoms with Crippen LogP contribution in [0.3, 0.4) is 0 Å². The summed E-state index contributed by atoms with van der Waals surface area (Å²) in [5.41, 5.74) is 0. The molecule has 0 aromatic rings. The lowest BCUT2D eigenvalue weighted by molar-refractivity contribution is -0.131. The largest absolute Gasteiger partial charge is 0.338 e. The van der Waals surface area contributed by atoms with E-state index in [4.69, 9.17) is 5.26 Å². The summed E-state index contributed by atoms with van der Waals surface area (Å²) in [5, 5.41) is 20.5. The van der Waals surface area contributed by atoms with Crippen molar-refractivity contribution < 1.29 is 4.79 Å². The molecule has 6 heteroatoms. The van der Waals surface area contributed by atoms with Crippen LogP contribution in [0, 0.1) is 23.2 Å². The Morgan fingerprint density at radius 1 is 1.04 bits per heavy atom. The normalized spacial score (nSPS) is 41.3. The van der Waals surface area contributed by atoms with E-state index in [1.807, 2.05) is 0 Å². The van der Waals surface area contributed by atoms with Gasteiger partial charge in [-0.1, -0.05) is 6.42 Å². The highest BCUT2D eigenvalue weighted by molar-refractivity contribution is 5.74. The molecular formula is C22H37N5O. The number of amides is 1. The summed E-state index contributed by atoms with van der Waals surface area (Å²) < 4.78 is 0. The molecule has 156 valence electrons. The van der Waals surface area contributed by atoms with Gasteiger partial charge in [-0.15, -0.1) is 0 Å². The number of hydrogen-bond acceptors (Lipinski definition) is 5. The van der Waals surface area contributed by atoms with E-state index in [1.54, 1.807) is 6.92 Å². The average Bonchev–Trinajstić information content (AvgIpc) is 3.14. The molecule has 28 heavy (non-hydrogen) atoms. The highest BCUT2D eigenvalue weighted by Crippen LogP contribution is 2.37. The van der Waals surface area contributed by atoms with Crippen molar-refractivity contribution in [1.29, 1.82) is 5.26 Å². The summed E-state index contributed by atoms with van der Waals surface area (Å²) in [6, 6.07) is 4.36.